The smallest absolute Gasteiger partial charge is 0.237 e. The lowest BCUT2D eigenvalue weighted by Gasteiger charge is -2.43. The largest absolute Gasteiger partial charge is 0.368 e. The Labute approximate surface area is 129 Å². The van der Waals surface area contributed by atoms with Crippen molar-refractivity contribution in [2.75, 3.05) is 40.8 Å². The summed E-state index contributed by atoms with van der Waals surface area (Å²) in [6, 6.07) is 0.471. The van der Waals surface area contributed by atoms with E-state index >= 15 is 0 Å². The van der Waals surface area contributed by atoms with E-state index < -0.39 is 5.54 Å². The standard InChI is InChI=1S/C16H32N4O/c1-18-16(15(17)21)8-4-5-14(11-16)20(3)12-13-6-9-19(2)10-7-13/h13-14,18H,4-12H2,1-3H3,(H2,17,21). The lowest BCUT2D eigenvalue weighted by Crippen LogP contribution is -2.59. The highest BCUT2D eigenvalue weighted by atomic mass is 16.1. The van der Waals surface area contributed by atoms with E-state index in [1.807, 2.05) is 7.05 Å². The molecule has 2 fully saturated rings. The molecule has 3 N–H and O–H groups in total. The molecule has 1 saturated heterocycles. The summed E-state index contributed by atoms with van der Waals surface area (Å²) >= 11 is 0. The number of nitrogens with zero attached hydrogens (tertiary/aromatic N) is 2. The second kappa shape index (κ2) is 7.07. The molecule has 2 rings (SSSR count). The van der Waals surface area contributed by atoms with Gasteiger partial charge in [-0.2, -0.15) is 0 Å². The van der Waals surface area contributed by atoms with Gasteiger partial charge in [-0.3, -0.25) is 4.79 Å². The molecule has 2 atom stereocenters. The summed E-state index contributed by atoms with van der Waals surface area (Å²) in [6.45, 7) is 3.58. The third kappa shape index (κ3) is 3.96. The van der Waals surface area contributed by atoms with E-state index in [1.165, 1.54) is 32.4 Å². The van der Waals surface area contributed by atoms with Crippen LogP contribution in [0.2, 0.25) is 0 Å². The minimum absolute atomic E-state index is 0.192. The highest BCUT2D eigenvalue weighted by Gasteiger charge is 2.41. The Morgan fingerprint density at radius 1 is 1.38 bits per heavy atom. The van der Waals surface area contributed by atoms with Gasteiger partial charge >= 0.3 is 0 Å². The van der Waals surface area contributed by atoms with Gasteiger partial charge in [0.1, 0.15) is 0 Å². The molecule has 2 aliphatic rings. The van der Waals surface area contributed by atoms with Crippen LogP contribution < -0.4 is 11.1 Å². The van der Waals surface area contributed by atoms with Gasteiger partial charge in [0, 0.05) is 12.6 Å². The van der Waals surface area contributed by atoms with E-state index in [-0.39, 0.29) is 5.91 Å². The van der Waals surface area contributed by atoms with Crippen LogP contribution in [0.1, 0.15) is 38.5 Å². The second-order valence-corrected chi connectivity index (χ2v) is 7.13. The number of likely N-dealkylation sites (N-methyl/N-ethyl adjacent to an activating group) is 1. The van der Waals surface area contributed by atoms with E-state index in [0.29, 0.717) is 6.04 Å². The molecule has 122 valence electrons. The minimum Gasteiger partial charge on any atom is -0.368 e. The predicted molar refractivity (Wildman–Crippen MR) is 86.1 cm³/mol. The minimum atomic E-state index is -0.496. The lowest BCUT2D eigenvalue weighted by molar-refractivity contribution is -0.126. The molecule has 0 radical (unpaired) electrons. The van der Waals surface area contributed by atoms with Crippen LogP contribution in [0.5, 0.6) is 0 Å². The fourth-order valence-corrected chi connectivity index (χ4v) is 4.00. The molecule has 1 amide bonds. The maximum atomic E-state index is 11.8. The summed E-state index contributed by atoms with van der Waals surface area (Å²) in [4.78, 5) is 16.7. The van der Waals surface area contributed by atoms with Gasteiger partial charge in [0.15, 0.2) is 0 Å². The number of carbonyl (C=O) groups is 1. The molecule has 21 heavy (non-hydrogen) atoms. The molecule has 1 saturated carbocycles. The van der Waals surface area contributed by atoms with Gasteiger partial charge in [-0.1, -0.05) is 0 Å². The summed E-state index contributed by atoms with van der Waals surface area (Å²) in [5, 5.41) is 3.20. The van der Waals surface area contributed by atoms with Crippen molar-refractivity contribution in [1.29, 1.82) is 0 Å². The van der Waals surface area contributed by atoms with E-state index in [4.69, 9.17) is 5.73 Å². The Morgan fingerprint density at radius 2 is 2.05 bits per heavy atom. The SMILES string of the molecule is CNC1(C(N)=O)CCCC(N(C)CC2CCN(C)CC2)C1. The van der Waals surface area contributed by atoms with Crippen molar-refractivity contribution in [3.63, 3.8) is 0 Å². The molecule has 1 aliphatic carbocycles. The van der Waals surface area contributed by atoms with Crippen LogP contribution in [0.25, 0.3) is 0 Å². The van der Waals surface area contributed by atoms with Crippen molar-refractivity contribution in [2.45, 2.75) is 50.1 Å². The molecule has 5 nitrogen and oxygen atoms in total. The normalized spacial score (nSPS) is 32.5. The highest BCUT2D eigenvalue weighted by Crippen LogP contribution is 2.31. The van der Waals surface area contributed by atoms with E-state index in [1.54, 1.807) is 0 Å². The van der Waals surface area contributed by atoms with Crippen LogP contribution in [0.4, 0.5) is 0 Å². The third-order valence-electron chi connectivity index (χ3n) is 5.68. The van der Waals surface area contributed by atoms with Crippen LogP contribution in [0.15, 0.2) is 0 Å². The Bertz CT molecular complexity index is 354. The van der Waals surface area contributed by atoms with Gasteiger partial charge in [-0.05, 0) is 78.7 Å². The summed E-state index contributed by atoms with van der Waals surface area (Å²) in [6.07, 6.45) is 6.56. The molecule has 5 heteroatoms. The van der Waals surface area contributed by atoms with Gasteiger partial charge in [-0.25, -0.2) is 0 Å². The molecule has 0 bridgehead atoms. The zero-order chi connectivity index (χ0) is 15.5. The van der Waals surface area contributed by atoms with Gasteiger partial charge in [0.25, 0.3) is 0 Å². The lowest BCUT2D eigenvalue weighted by atomic mass is 9.77. The number of piperidine rings is 1. The summed E-state index contributed by atoms with van der Waals surface area (Å²) < 4.78 is 0. The number of amides is 1. The Morgan fingerprint density at radius 3 is 2.62 bits per heavy atom. The van der Waals surface area contributed by atoms with Crippen molar-refractivity contribution >= 4 is 5.91 Å². The molecule has 0 aromatic carbocycles. The van der Waals surface area contributed by atoms with Crippen molar-refractivity contribution in [1.82, 2.24) is 15.1 Å². The van der Waals surface area contributed by atoms with Crippen LogP contribution in [-0.2, 0) is 4.79 Å². The molecule has 2 unspecified atom stereocenters. The fourth-order valence-electron chi connectivity index (χ4n) is 4.00. The summed E-state index contributed by atoms with van der Waals surface area (Å²) in [7, 11) is 6.29. The number of nitrogens with one attached hydrogen (secondary N) is 1. The molecule has 1 aliphatic heterocycles. The number of primary amides is 1. The number of hydrogen-bond acceptors (Lipinski definition) is 4. The zero-order valence-corrected chi connectivity index (χ0v) is 13.9. The zero-order valence-electron chi connectivity index (χ0n) is 13.9. The van der Waals surface area contributed by atoms with Crippen LogP contribution in [0, 0.1) is 5.92 Å². The first-order valence-corrected chi connectivity index (χ1v) is 8.34. The van der Waals surface area contributed by atoms with Gasteiger partial charge in [-0.15, -0.1) is 0 Å². The topological polar surface area (TPSA) is 61.6 Å². The first kappa shape index (κ1) is 16.7. The van der Waals surface area contributed by atoms with Gasteiger partial charge in [0.05, 0.1) is 5.54 Å². The van der Waals surface area contributed by atoms with Crippen molar-refractivity contribution < 1.29 is 4.79 Å². The average molecular weight is 296 g/mol. The average Bonchev–Trinajstić information content (AvgIpc) is 2.49. The third-order valence-corrected chi connectivity index (χ3v) is 5.68. The van der Waals surface area contributed by atoms with Crippen molar-refractivity contribution in [3.05, 3.63) is 0 Å². The predicted octanol–water partition coefficient (Wildman–Crippen LogP) is 0.646. The van der Waals surface area contributed by atoms with Crippen molar-refractivity contribution in [3.8, 4) is 0 Å². The number of nitrogens with two attached hydrogens (primary N) is 1. The highest BCUT2D eigenvalue weighted by molar-refractivity contribution is 5.84. The second-order valence-electron chi connectivity index (χ2n) is 7.13. The van der Waals surface area contributed by atoms with E-state index in [0.717, 1.165) is 31.7 Å². The number of rotatable bonds is 5. The first-order chi connectivity index (χ1) is 9.97. The number of carbonyl (C=O) groups excluding carboxylic acids is 1. The quantitative estimate of drug-likeness (QED) is 0.782. The maximum absolute atomic E-state index is 11.8. The van der Waals surface area contributed by atoms with Crippen LogP contribution in [-0.4, -0.2) is 68.1 Å². The molecular formula is C16H32N4O. The summed E-state index contributed by atoms with van der Waals surface area (Å²) in [5.41, 5.74) is 5.15. The Balaban J connectivity index is 1.90. The maximum Gasteiger partial charge on any atom is 0.237 e. The van der Waals surface area contributed by atoms with Crippen molar-refractivity contribution in [2.24, 2.45) is 11.7 Å². The van der Waals surface area contributed by atoms with Gasteiger partial charge < -0.3 is 20.9 Å². The summed E-state index contributed by atoms with van der Waals surface area (Å²) in [5.74, 6) is 0.605. The van der Waals surface area contributed by atoms with E-state index in [9.17, 15) is 4.79 Å². The van der Waals surface area contributed by atoms with Crippen LogP contribution >= 0.6 is 0 Å². The molecule has 0 aromatic heterocycles. The molecular weight excluding hydrogens is 264 g/mol. The molecule has 0 spiro atoms. The number of likely N-dealkylation sites (tertiary alicyclic amines) is 1. The number of hydrogen-bond donors (Lipinski definition) is 2. The fraction of sp³-hybridized carbons (Fsp3) is 0.938. The van der Waals surface area contributed by atoms with Crippen LogP contribution in [0.3, 0.4) is 0 Å². The van der Waals surface area contributed by atoms with Gasteiger partial charge in [0.2, 0.25) is 5.91 Å². The Kier molecular flexibility index (Phi) is 5.63. The molecule has 0 aromatic rings. The first-order valence-electron chi connectivity index (χ1n) is 8.34. The van der Waals surface area contributed by atoms with E-state index in [2.05, 4.69) is 29.2 Å². The monoisotopic (exact) mass is 296 g/mol. The molecule has 1 heterocycles. The Hall–Kier alpha value is -0.650.